The Morgan fingerprint density at radius 2 is 1.96 bits per heavy atom. The van der Waals surface area contributed by atoms with Crippen LogP contribution >= 0.6 is 0 Å². The first-order valence-electron chi connectivity index (χ1n) is 8.76. The highest BCUT2D eigenvalue weighted by Crippen LogP contribution is 2.31. The molecule has 1 aromatic rings. The van der Waals surface area contributed by atoms with Crippen LogP contribution in [0.15, 0.2) is 24.3 Å². The summed E-state index contributed by atoms with van der Waals surface area (Å²) < 4.78 is 0. The largest absolute Gasteiger partial charge is 0.366 e. The summed E-state index contributed by atoms with van der Waals surface area (Å²) in [6, 6.07) is 7.12. The summed E-state index contributed by atoms with van der Waals surface area (Å²) in [5.74, 6) is 0.658. The average molecular weight is 316 g/mol. The van der Waals surface area contributed by atoms with Crippen molar-refractivity contribution in [2.75, 3.05) is 0 Å². The van der Waals surface area contributed by atoms with Crippen molar-refractivity contribution >= 4 is 11.8 Å². The number of hydrogen-bond donors (Lipinski definition) is 2. The smallest absolute Gasteiger partial charge is 0.248 e. The minimum atomic E-state index is -0.441. The van der Waals surface area contributed by atoms with Gasteiger partial charge in [-0.15, -0.1) is 0 Å². The molecule has 126 valence electrons. The molecule has 1 aromatic carbocycles. The molecule has 0 bridgehead atoms. The number of rotatable bonds is 7. The maximum absolute atomic E-state index is 12.3. The molecule has 23 heavy (non-hydrogen) atoms. The molecule has 0 spiro atoms. The van der Waals surface area contributed by atoms with Gasteiger partial charge in [-0.2, -0.15) is 0 Å². The van der Waals surface area contributed by atoms with E-state index in [1.807, 2.05) is 6.07 Å². The van der Waals surface area contributed by atoms with E-state index in [-0.39, 0.29) is 11.8 Å². The molecule has 3 N–H and O–H groups in total. The molecular formula is C19H28N2O2. The molecule has 2 rings (SSSR count). The van der Waals surface area contributed by atoms with Crippen molar-refractivity contribution in [2.45, 2.75) is 58.4 Å². The molecule has 4 heteroatoms. The molecule has 0 saturated heterocycles. The van der Waals surface area contributed by atoms with Gasteiger partial charge in [-0.25, -0.2) is 0 Å². The third-order valence-electron chi connectivity index (χ3n) is 4.86. The van der Waals surface area contributed by atoms with E-state index in [4.69, 9.17) is 5.73 Å². The second kappa shape index (κ2) is 8.70. The lowest BCUT2D eigenvalue weighted by molar-refractivity contribution is -0.126. The van der Waals surface area contributed by atoms with Gasteiger partial charge in [0.2, 0.25) is 11.8 Å². The first-order valence-corrected chi connectivity index (χ1v) is 8.76. The number of nitrogens with one attached hydrogen (secondary N) is 1. The van der Waals surface area contributed by atoms with Crippen molar-refractivity contribution in [1.82, 2.24) is 5.32 Å². The first kappa shape index (κ1) is 17.5. The Kier molecular flexibility index (Phi) is 6.63. The predicted octanol–water partition coefficient (Wildman–Crippen LogP) is 3.40. The fourth-order valence-electron chi connectivity index (χ4n) is 3.37. The zero-order valence-electron chi connectivity index (χ0n) is 14.0. The van der Waals surface area contributed by atoms with Crippen molar-refractivity contribution in [1.29, 1.82) is 0 Å². The molecule has 1 aliphatic carbocycles. The van der Waals surface area contributed by atoms with Gasteiger partial charge in [0.1, 0.15) is 0 Å². The third kappa shape index (κ3) is 5.38. The Balaban J connectivity index is 1.77. The standard InChI is InChI=1S/C19H28N2O2/c1-2-3-5-14-8-10-16(11-9-14)19(23)21-13-15-6-4-7-17(12-15)18(20)22/h4,6-7,12,14,16H,2-3,5,8-11,13H2,1H3,(H2,20,22)(H,21,23). The molecular weight excluding hydrogens is 288 g/mol. The summed E-state index contributed by atoms with van der Waals surface area (Å²) in [5.41, 5.74) is 6.67. The molecule has 1 fully saturated rings. The van der Waals surface area contributed by atoms with Crippen LogP contribution in [0, 0.1) is 11.8 Å². The summed E-state index contributed by atoms with van der Waals surface area (Å²) in [4.78, 5) is 23.5. The number of unbranched alkanes of at least 4 members (excludes halogenated alkanes) is 1. The van der Waals surface area contributed by atoms with Crippen LogP contribution < -0.4 is 11.1 Å². The van der Waals surface area contributed by atoms with E-state index in [0.717, 1.165) is 24.3 Å². The van der Waals surface area contributed by atoms with Crippen LogP contribution in [0.3, 0.4) is 0 Å². The van der Waals surface area contributed by atoms with E-state index in [2.05, 4.69) is 12.2 Å². The lowest BCUT2D eigenvalue weighted by Gasteiger charge is -2.27. The van der Waals surface area contributed by atoms with Crippen LogP contribution in [-0.4, -0.2) is 11.8 Å². The minimum Gasteiger partial charge on any atom is -0.366 e. The van der Waals surface area contributed by atoms with E-state index in [1.54, 1.807) is 18.2 Å². The Hall–Kier alpha value is -1.84. The third-order valence-corrected chi connectivity index (χ3v) is 4.86. The number of hydrogen-bond acceptors (Lipinski definition) is 2. The number of amides is 2. The molecule has 0 unspecified atom stereocenters. The van der Waals surface area contributed by atoms with Crippen molar-refractivity contribution < 1.29 is 9.59 Å². The van der Waals surface area contributed by atoms with Gasteiger partial charge in [0.05, 0.1) is 0 Å². The second-order valence-electron chi connectivity index (χ2n) is 6.64. The van der Waals surface area contributed by atoms with Crippen LogP contribution in [0.25, 0.3) is 0 Å². The van der Waals surface area contributed by atoms with E-state index < -0.39 is 5.91 Å². The zero-order chi connectivity index (χ0) is 16.7. The van der Waals surface area contributed by atoms with Crippen LogP contribution in [0.4, 0.5) is 0 Å². The fraction of sp³-hybridized carbons (Fsp3) is 0.579. The molecule has 0 radical (unpaired) electrons. The Morgan fingerprint density at radius 1 is 1.22 bits per heavy atom. The number of carbonyl (C=O) groups is 2. The van der Waals surface area contributed by atoms with Crippen molar-refractivity contribution in [3.63, 3.8) is 0 Å². The molecule has 2 amide bonds. The van der Waals surface area contributed by atoms with Gasteiger partial charge >= 0.3 is 0 Å². The Morgan fingerprint density at radius 3 is 2.61 bits per heavy atom. The van der Waals surface area contributed by atoms with Crippen LogP contribution in [0.5, 0.6) is 0 Å². The first-order chi connectivity index (χ1) is 11.1. The zero-order valence-corrected chi connectivity index (χ0v) is 14.0. The highest BCUT2D eigenvalue weighted by molar-refractivity contribution is 5.92. The number of primary amides is 1. The summed E-state index contributed by atoms with van der Waals surface area (Å²) in [6.07, 6.45) is 8.22. The molecule has 1 saturated carbocycles. The van der Waals surface area contributed by atoms with Crippen LogP contribution in [-0.2, 0) is 11.3 Å². The van der Waals surface area contributed by atoms with Gasteiger partial charge in [-0.1, -0.05) is 38.3 Å². The van der Waals surface area contributed by atoms with Gasteiger partial charge in [0, 0.05) is 18.0 Å². The van der Waals surface area contributed by atoms with E-state index >= 15 is 0 Å². The molecule has 0 aromatic heterocycles. The molecule has 1 aliphatic rings. The quantitative estimate of drug-likeness (QED) is 0.809. The Bertz CT molecular complexity index is 534. The molecule has 0 aliphatic heterocycles. The normalized spacial score (nSPS) is 20.9. The minimum absolute atomic E-state index is 0.142. The molecule has 4 nitrogen and oxygen atoms in total. The van der Waals surface area contributed by atoms with Gasteiger partial charge in [-0.3, -0.25) is 9.59 Å². The van der Waals surface area contributed by atoms with E-state index in [1.165, 1.54) is 32.1 Å². The maximum Gasteiger partial charge on any atom is 0.248 e. The second-order valence-corrected chi connectivity index (χ2v) is 6.64. The lowest BCUT2D eigenvalue weighted by Crippen LogP contribution is -2.32. The van der Waals surface area contributed by atoms with Gasteiger partial charge in [0.25, 0.3) is 0 Å². The van der Waals surface area contributed by atoms with Gasteiger partial charge in [-0.05, 0) is 49.3 Å². The maximum atomic E-state index is 12.3. The van der Waals surface area contributed by atoms with Crippen LogP contribution in [0.1, 0.15) is 67.8 Å². The van der Waals surface area contributed by atoms with Gasteiger partial charge in [0.15, 0.2) is 0 Å². The predicted molar refractivity (Wildman–Crippen MR) is 91.8 cm³/mol. The lowest BCUT2D eigenvalue weighted by atomic mass is 9.79. The number of carbonyl (C=O) groups excluding carboxylic acids is 2. The van der Waals surface area contributed by atoms with Crippen molar-refractivity contribution in [2.24, 2.45) is 17.6 Å². The fourth-order valence-corrected chi connectivity index (χ4v) is 3.37. The number of benzene rings is 1. The van der Waals surface area contributed by atoms with E-state index in [0.29, 0.717) is 12.1 Å². The van der Waals surface area contributed by atoms with E-state index in [9.17, 15) is 9.59 Å². The topological polar surface area (TPSA) is 72.2 Å². The summed E-state index contributed by atoms with van der Waals surface area (Å²) in [7, 11) is 0. The average Bonchev–Trinajstić information content (AvgIpc) is 2.58. The SMILES string of the molecule is CCCCC1CCC(C(=O)NCc2cccc(C(N)=O)c2)CC1. The molecule has 0 atom stereocenters. The summed E-state index contributed by atoms with van der Waals surface area (Å²) in [5, 5.41) is 3.00. The molecule has 0 heterocycles. The highest BCUT2D eigenvalue weighted by atomic mass is 16.2. The summed E-state index contributed by atoms with van der Waals surface area (Å²) in [6.45, 7) is 2.68. The van der Waals surface area contributed by atoms with Gasteiger partial charge < -0.3 is 11.1 Å². The highest BCUT2D eigenvalue weighted by Gasteiger charge is 2.25. The number of nitrogens with two attached hydrogens (primary N) is 1. The van der Waals surface area contributed by atoms with Crippen molar-refractivity contribution in [3.05, 3.63) is 35.4 Å². The Labute approximate surface area is 138 Å². The summed E-state index contributed by atoms with van der Waals surface area (Å²) >= 11 is 0. The van der Waals surface area contributed by atoms with Crippen LogP contribution in [0.2, 0.25) is 0 Å². The monoisotopic (exact) mass is 316 g/mol. The van der Waals surface area contributed by atoms with Crippen molar-refractivity contribution in [3.8, 4) is 0 Å².